The summed E-state index contributed by atoms with van der Waals surface area (Å²) in [6.45, 7) is 4.53. The largest absolute Gasteiger partial charge is 0.325 e. The number of amides is 1. The van der Waals surface area contributed by atoms with E-state index < -0.39 is 10.0 Å². The molecule has 1 N–H and O–H groups in total. The summed E-state index contributed by atoms with van der Waals surface area (Å²) in [5.74, 6) is -0.00830. The lowest BCUT2D eigenvalue weighted by Gasteiger charge is -2.18. The summed E-state index contributed by atoms with van der Waals surface area (Å²) in [4.78, 5) is 12.4. The minimum absolute atomic E-state index is 0.146. The molecule has 1 fully saturated rings. The first-order valence-corrected chi connectivity index (χ1v) is 10.9. The van der Waals surface area contributed by atoms with Gasteiger partial charge in [-0.1, -0.05) is 35.4 Å². The lowest BCUT2D eigenvalue weighted by Crippen LogP contribution is -2.25. The molecule has 0 aromatic heterocycles. The van der Waals surface area contributed by atoms with Gasteiger partial charge in [0.15, 0.2) is 0 Å². The Morgan fingerprint density at radius 2 is 1.96 bits per heavy atom. The number of aryl methyl sites for hydroxylation is 3. The second-order valence-corrected chi connectivity index (χ2v) is 9.30. The van der Waals surface area contributed by atoms with E-state index in [1.54, 1.807) is 18.2 Å². The number of rotatable bonds is 5. The SMILES string of the molecule is Cc1ccc(CCC(=O)Nc2cc(N3CCCS3(=O)=O)ccc2Cl)c(C)c1. The molecular weight excluding hydrogens is 384 g/mol. The van der Waals surface area contributed by atoms with E-state index in [-0.39, 0.29) is 11.7 Å². The third-order valence-electron chi connectivity index (χ3n) is 4.73. The van der Waals surface area contributed by atoms with Crippen LogP contribution in [0.5, 0.6) is 0 Å². The highest BCUT2D eigenvalue weighted by atomic mass is 35.5. The Morgan fingerprint density at radius 3 is 2.63 bits per heavy atom. The number of hydrogen-bond donors (Lipinski definition) is 1. The van der Waals surface area contributed by atoms with Crippen molar-refractivity contribution in [3.63, 3.8) is 0 Å². The Bertz CT molecular complexity index is 973. The zero-order valence-corrected chi connectivity index (χ0v) is 17.0. The monoisotopic (exact) mass is 406 g/mol. The number of hydrogen-bond acceptors (Lipinski definition) is 3. The van der Waals surface area contributed by atoms with Crippen LogP contribution in [0.25, 0.3) is 0 Å². The fourth-order valence-electron chi connectivity index (χ4n) is 3.28. The number of halogens is 1. The summed E-state index contributed by atoms with van der Waals surface area (Å²) in [6.07, 6.45) is 1.56. The molecule has 5 nitrogen and oxygen atoms in total. The molecule has 0 radical (unpaired) electrons. The van der Waals surface area contributed by atoms with E-state index in [9.17, 15) is 13.2 Å². The van der Waals surface area contributed by atoms with Crippen molar-refractivity contribution in [2.24, 2.45) is 0 Å². The van der Waals surface area contributed by atoms with E-state index in [0.717, 1.165) is 5.56 Å². The molecule has 1 saturated heterocycles. The molecule has 0 spiro atoms. The van der Waals surface area contributed by atoms with Crippen LogP contribution < -0.4 is 9.62 Å². The Hall–Kier alpha value is -2.05. The van der Waals surface area contributed by atoms with Crippen molar-refractivity contribution in [3.05, 3.63) is 58.1 Å². The fourth-order valence-corrected chi connectivity index (χ4v) is 5.00. The topological polar surface area (TPSA) is 66.5 Å². The minimum atomic E-state index is -3.28. The molecule has 7 heteroatoms. The molecule has 0 unspecified atom stereocenters. The van der Waals surface area contributed by atoms with Crippen LogP contribution in [0.3, 0.4) is 0 Å². The van der Waals surface area contributed by atoms with Crippen molar-refractivity contribution in [1.82, 2.24) is 0 Å². The summed E-state index contributed by atoms with van der Waals surface area (Å²) in [7, 11) is -3.28. The summed E-state index contributed by atoms with van der Waals surface area (Å²) >= 11 is 6.20. The first-order chi connectivity index (χ1) is 12.8. The van der Waals surface area contributed by atoms with Crippen LogP contribution in [0.1, 0.15) is 29.5 Å². The van der Waals surface area contributed by atoms with Gasteiger partial charge in [0.25, 0.3) is 0 Å². The average Bonchev–Trinajstić information content (AvgIpc) is 2.95. The van der Waals surface area contributed by atoms with Crippen molar-refractivity contribution in [2.75, 3.05) is 21.9 Å². The van der Waals surface area contributed by atoms with Crippen LogP contribution in [-0.4, -0.2) is 26.6 Å². The summed E-state index contributed by atoms with van der Waals surface area (Å²) in [5, 5.41) is 3.19. The van der Waals surface area contributed by atoms with E-state index in [4.69, 9.17) is 11.6 Å². The van der Waals surface area contributed by atoms with Gasteiger partial charge in [-0.15, -0.1) is 0 Å². The normalized spacial score (nSPS) is 15.7. The maximum absolute atomic E-state index is 12.4. The number of benzene rings is 2. The van der Waals surface area contributed by atoms with Crippen molar-refractivity contribution in [1.29, 1.82) is 0 Å². The molecule has 1 aliphatic rings. The third-order valence-corrected chi connectivity index (χ3v) is 6.93. The van der Waals surface area contributed by atoms with E-state index in [1.165, 1.54) is 15.4 Å². The van der Waals surface area contributed by atoms with Crippen LogP contribution in [0.15, 0.2) is 36.4 Å². The Morgan fingerprint density at radius 1 is 1.19 bits per heavy atom. The zero-order chi connectivity index (χ0) is 19.6. The molecule has 0 aliphatic carbocycles. The molecule has 3 rings (SSSR count). The molecule has 144 valence electrons. The van der Waals surface area contributed by atoms with Gasteiger partial charge in [0, 0.05) is 13.0 Å². The Labute approximate surface area is 165 Å². The van der Waals surface area contributed by atoms with Gasteiger partial charge < -0.3 is 5.32 Å². The van der Waals surface area contributed by atoms with Gasteiger partial charge in [-0.2, -0.15) is 0 Å². The maximum Gasteiger partial charge on any atom is 0.235 e. The van der Waals surface area contributed by atoms with Crippen LogP contribution in [0.4, 0.5) is 11.4 Å². The average molecular weight is 407 g/mol. The number of sulfonamides is 1. The van der Waals surface area contributed by atoms with Gasteiger partial charge in [0.05, 0.1) is 22.2 Å². The van der Waals surface area contributed by atoms with E-state index in [0.29, 0.717) is 42.2 Å². The molecule has 1 amide bonds. The molecule has 1 aliphatic heterocycles. The number of nitrogens with one attached hydrogen (secondary N) is 1. The van der Waals surface area contributed by atoms with Gasteiger partial charge in [-0.3, -0.25) is 9.10 Å². The van der Waals surface area contributed by atoms with Crippen LogP contribution >= 0.6 is 11.6 Å². The van der Waals surface area contributed by atoms with Crippen molar-refractivity contribution < 1.29 is 13.2 Å². The van der Waals surface area contributed by atoms with Crippen LogP contribution in [0, 0.1) is 13.8 Å². The van der Waals surface area contributed by atoms with Crippen LogP contribution in [-0.2, 0) is 21.2 Å². The number of nitrogens with zero attached hydrogens (tertiary/aromatic N) is 1. The molecule has 0 atom stereocenters. The number of anilines is 2. The van der Waals surface area contributed by atoms with Gasteiger partial charge in [-0.05, 0) is 56.0 Å². The van der Waals surface area contributed by atoms with E-state index >= 15 is 0 Å². The Balaban J connectivity index is 1.69. The number of carbonyl (C=O) groups excluding carboxylic acids is 1. The number of carbonyl (C=O) groups is 1. The van der Waals surface area contributed by atoms with E-state index in [1.807, 2.05) is 26.0 Å². The molecule has 27 heavy (non-hydrogen) atoms. The summed E-state index contributed by atoms with van der Waals surface area (Å²) in [6, 6.07) is 11.1. The van der Waals surface area contributed by atoms with E-state index in [2.05, 4.69) is 11.4 Å². The molecule has 0 bridgehead atoms. The van der Waals surface area contributed by atoms with Gasteiger partial charge in [-0.25, -0.2) is 8.42 Å². The molecule has 0 saturated carbocycles. The molecule has 2 aromatic rings. The summed E-state index contributed by atoms with van der Waals surface area (Å²) in [5.41, 5.74) is 4.46. The standard InChI is InChI=1S/C20H23ClN2O3S/c1-14-4-5-16(15(2)12-14)6-9-20(24)22-19-13-17(7-8-18(19)21)23-10-3-11-27(23,25)26/h4-5,7-8,12-13H,3,6,9-11H2,1-2H3,(H,22,24). The van der Waals surface area contributed by atoms with Gasteiger partial charge >= 0.3 is 0 Å². The first-order valence-electron chi connectivity index (χ1n) is 8.92. The quantitative estimate of drug-likeness (QED) is 0.813. The van der Waals surface area contributed by atoms with Crippen molar-refractivity contribution >= 4 is 38.9 Å². The van der Waals surface area contributed by atoms with Crippen molar-refractivity contribution in [3.8, 4) is 0 Å². The minimum Gasteiger partial charge on any atom is -0.325 e. The molecule has 2 aromatic carbocycles. The maximum atomic E-state index is 12.4. The predicted octanol–water partition coefficient (Wildman–Crippen LogP) is 4.07. The highest BCUT2D eigenvalue weighted by Gasteiger charge is 2.28. The second-order valence-electron chi connectivity index (χ2n) is 6.88. The van der Waals surface area contributed by atoms with Crippen molar-refractivity contribution in [2.45, 2.75) is 33.1 Å². The highest BCUT2D eigenvalue weighted by Crippen LogP contribution is 2.31. The first kappa shape index (κ1) is 19.7. The smallest absolute Gasteiger partial charge is 0.235 e. The zero-order valence-electron chi connectivity index (χ0n) is 15.5. The second kappa shape index (κ2) is 7.90. The molecular formula is C20H23ClN2O3S. The highest BCUT2D eigenvalue weighted by molar-refractivity contribution is 7.93. The fraction of sp³-hybridized carbons (Fsp3) is 0.350. The lowest BCUT2D eigenvalue weighted by molar-refractivity contribution is -0.116. The van der Waals surface area contributed by atoms with Crippen LogP contribution in [0.2, 0.25) is 5.02 Å². The summed E-state index contributed by atoms with van der Waals surface area (Å²) < 4.78 is 25.6. The lowest BCUT2D eigenvalue weighted by atomic mass is 10.0. The van der Waals surface area contributed by atoms with Gasteiger partial charge in [0.2, 0.25) is 15.9 Å². The third kappa shape index (κ3) is 4.62. The molecule has 1 heterocycles. The predicted molar refractivity (Wildman–Crippen MR) is 110 cm³/mol. The van der Waals surface area contributed by atoms with Gasteiger partial charge in [0.1, 0.15) is 0 Å². The Kier molecular flexibility index (Phi) is 5.77.